The number of halogens is 2. The van der Waals surface area contributed by atoms with Gasteiger partial charge in [0.15, 0.2) is 0 Å². The number of carbonyl (C=O) groups excluding carboxylic acids is 1. The summed E-state index contributed by atoms with van der Waals surface area (Å²) in [6.45, 7) is 0.0444. The predicted octanol–water partition coefficient (Wildman–Crippen LogP) is 1.84. The van der Waals surface area contributed by atoms with Gasteiger partial charge < -0.3 is 9.90 Å². The molecule has 0 saturated carbocycles. The van der Waals surface area contributed by atoms with E-state index < -0.39 is 21.6 Å². The van der Waals surface area contributed by atoms with Crippen LogP contribution in [0.5, 0.6) is 0 Å². The van der Waals surface area contributed by atoms with Crippen molar-refractivity contribution in [3.8, 4) is 0 Å². The Morgan fingerprint density at radius 2 is 1.73 bits per heavy atom. The first-order chi connectivity index (χ1) is 10.3. The fourth-order valence-corrected chi connectivity index (χ4v) is 3.61. The Morgan fingerprint density at radius 3 is 2.32 bits per heavy atom. The van der Waals surface area contributed by atoms with E-state index in [1.165, 1.54) is 0 Å². The molecule has 2 rings (SSSR count). The number of carboxylic acids is 1. The van der Waals surface area contributed by atoms with Crippen LogP contribution in [0, 0.1) is 0 Å². The molecule has 0 unspecified atom stereocenters. The van der Waals surface area contributed by atoms with E-state index in [1.807, 2.05) is 0 Å². The van der Waals surface area contributed by atoms with E-state index in [-0.39, 0.29) is 21.5 Å². The van der Waals surface area contributed by atoms with Gasteiger partial charge in [0, 0.05) is 12.1 Å². The third-order valence-electron chi connectivity index (χ3n) is 2.84. The van der Waals surface area contributed by atoms with E-state index in [4.69, 9.17) is 23.2 Å². The topological polar surface area (TPSA) is 86.3 Å². The molecule has 0 aliphatic rings. The number of sulfonamides is 1. The first-order valence-electron chi connectivity index (χ1n) is 6.05. The van der Waals surface area contributed by atoms with Crippen molar-refractivity contribution in [2.75, 3.05) is 0 Å². The van der Waals surface area contributed by atoms with Crippen molar-refractivity contribution in [3.05, 3.63) is 63.6 Å². The molecule has 0 aliphatic carbocycles. The first-order valence-corrected chi connectivity index (χ1v) is 8.29. The number of nitrogens with one attached hydrogen (secondary N) is 1. The lowest BCUT2D eigenvalue weighted by molar-refractivity contribution is -0.255. The molecule has 0 spiro atoms. The highest BCUT2D eigenvalue weighted by molar-refractivity contribution is 7.89. The Hall–Kier alpha value is -1.60. The highest BCUT2D eigenvalue weighted by atomic mass is 35.5. The summed E-state index contributed by atoms with van der Waals surface area (Å²) in [6.07, 6.45) is 0. The van der Waals surface area contributed by atoms with Crippen LogP contribution < -0.4 is 9.83 Å². The lowest BCUT2D eigenvalue weighted by Crippen LogP contribution is -2.26. The Kier molecular flexibility index (Phi) is 5.08. The van der Waals surface area contributed by atoms with Crippen LogP contribution in [0.15, 0.2) is 47.4 Å². The quantitative estimate of drug-likeness (QED) is 0.883. The van der Waals surface area contributed by atoms with Crippen molar-refractivity contribution >= 4 is 39.2 Å². The summed E-state index contributed by atoms with van der Waals surface area (Å²) in [4.78, 5) is 10.6. The average molecular weight is 359 g/mol. The van der Waals surface area contributed by atoms with Crippen LogP contribution in [0.4, 0.5) is 0 Å². The van der Waals surface area contributed by atoms with Crippen molar-refractivity contribution in [2.45, 2.75) is 11.4 Å². The minimum absolute atomic E-state index is 0.0444. The maximum absolute atomic E-state index is 12.3. The molecular weight excluding hydrogens is 349 g/mol. The second-order valence-corrected chi connectivity index (χ2v) is 6.91. The molecule has 0 radical (unpaired) electrons. The lowest BCUT2D eigenvalue weighted by Gasteiger charge is -2.12. The van der Waals surface area contributed by atoms with Crippen molar-refractivity contribution in [1.82, 2.24) is 4.72 Å². The number of carbonyl (C=O) groups is 1. The highest BCUT2D eigenvalue weighted by Gasteiger charge is 2.20. The SMILES string of the molecule is O=C([O-])c1cc(S(=O)(=O)NCc2ccccc2)c(Cl)cc1Cl. The van der Waals surface area contributed by atoms with Gasteiger partial charge in [-0.15, -0.1) is 0 Å². The molecule has 0 bridgehead atoms. The van der Waals surface area contributed by atoms with Crippen molar-refractivity contribution in [1.29, 1.82) is 0 Å². The van der Waals surface area contributed by atoms with Crippen LogP contribution in [-0.4, -0.2) is 14.4 Å². The summed E-state index contributed by atoms with van der Waals surface area (Å²) >= 11 is 11.6. The minimum Gasteiger partial charge on any atom is -0.545 e. The highest BCUT2D eigenvalue weighted by Crippen LogP contribution is 2.28. The molecule has 0 fully saturated rings. The van der Waals surface area contributed by atoms with E-state index in [9.17, 15) is 18.3 Å². The Morgan fingerprint density at radius 1 is 1.09 bits per heavy atom. The second-order valence-electron chi connectivity index (χ2n) is 4.36. The van der Waals surface area contributed by atoms with Gasteiger partial charge in [-0.2, -0.15) is 0 Å². The van der Waals surface area contributed by atoms with Crippen LogP contribution in [0.2, 0.25) is 10.0 Å². The summed E-state index contributed by atoms with van der Waals surface area (Å²) in [5, 5.41) is 10.6. The summed E-state index contributed by atoms with van der Waals surface area (Å²) in [5.74, 6) is -1.58. The maximum Gasteiger partial charge on any atom is 0.242 e. The third kappa shape index (κ3) is 3.78. The van der Waals surface area contributed by atoms with Crippen LogP contribution in [0.1, 0.15) is 15.9 Å². The summed E-state index contributed by atoms with van der Waals surface area (Å²) in [5.41, 5.74) is 0.308. The van der Waals surface area contributed by atoms with Gasteiger partial charge in [0.1, 0.15) is 4.90 Å². The number of rotatable bonds is 5. The van der Waals surface area contributed by atoms with Crippen molar-refractivity contribution in [2.24, 2.45) is 0 Å². The predicted molar refractivity (Wildman–Crippen MR) is 81.3 cm³/mol. The van der Waals surface area contributed by atoms with Crippen LogP contribution >= 0.6 is 23.2 Å². The van der Waals surface area contributed by atoms with Gasteiger partial charge in [-0.3, -0.25) is 0 Å². The normalized spacial score (nSPS) is 11.4. The van der Waals surface area contributed by atoms with Gasteiger partial charge in [0.25, 0.3) is 0 Å². The maximum atomic E-state index is 12.3. The molecule has 0 aliphatic heterocycles. The zero-order valence-electron chi connectivity index (χ0n) is 11.0. The van der Waals surface area contributed by atoms with E-state index in [2.05, 4.69) is 4.72 Å². The smallest absolute Gasteiger partial charge is 0.242 e. The van der Waals surface area contributed by atoms with Gasteiger partial charge >= 0.3 is 0 Å². The molecule has 22 heavy (non-hydrogen) atoms. The molecule has 0 atom stereocenters. The fourth-order valence-electron chi connectivity index (χ4n) is 1.74. The van der Waals surface area contributed by atoms with Gasteiger partial charge in [-0.1, -0.05) is 53.5 Å². The van der Waals surface area contributed by atoms with Gasteiger partial charge in [0.2, 0.25) is 10.0 Å². The molecule has 0 saturated heterocycles. The fraction of sp³-hybridized carbons (Fsp3) is 0.0714. The zero-order chi connectivity index (χ0) is 16.3. The van der Waals surface area contributed by atoms with E-state index in [0.717, 1.165) is 17.7 Å². The minimum atomic E-state index is -3.99. The van der Waals surface area contributed by atoms with Gasteiger partial charge in [-0.25, -0.2) is 13.1 Å². The van der Waals surface area contributed by atoms with Gasteiger partial charge in [-0.05, 0) is 17.7 Å². The summed E-state index contributed by atoms with van der Waals surface area (Å²) < 4.78 is 26.9. The molecule has 116 valence electrons. The lowest BCUT2D eigenvalue weighted by atomic mass is 10.2. The molecule has 2 aromatic carbocycles. The largest absolute Gasteiger partial charge is 0.545 e. The standard InChI is InChI=1S/C14H11Cl2NO4S/c15-11-7-12(16)13(6-10(11)14(18)19)22(20,21)17-8-9-4-2-1-3-5-9/h1-7,17H,8H2,(H,18,19)/p-1. The van der Waals surface area contributed by atoms with Crippen LogP contribution in [0.3, 0.4) is 0 Å². The van der Waals surface area contributed by atoms with Gasteiger partial charge in [0.05, 0.1) is 16.0 Å². The number of benzene rings is 2. The average Bonchev–Trinajstić information content (AvgIpc) is 2.45. The molecule has 1 N–H and O–H groups in total. The number of hydrogen-bond donors (Lipinski definition) is 1. The number of hydrogen-bond acceptors (Lipinski definition) is 4. The Bertz CT molecular complexity index is 807. The number of carboxylic acid groups (broad SMARTS) is 1. The Balaban J connectivity index is 2.33. The zero-order valence-corrected chi connectivity index (χ0v) is 13.4. The summed E-state index contributed by atoms with van der Waals surface area (Å²) in [7, 11) is -3.99. The molecule has 2 aromatic rings. The van der Waals surface area contributed by atoms with E-state index >= 15 is 0 Å². The van der Waals surface area contributed by atoms with Crippen LogP contribution in [-0.2, 0) is 16.6 Å². The molecule has 0 aromatic heterocycles. The van der Waals surface area contributed by atoms with E-state index in [0.29, 0.717) is 0 Å². The summed E-state index contributed by atoms with van der Waals surface area (Å²) in [6, 6.07) is 10.8. The first kappa shape index (κ1) is 16.8. The molecule has 0 heterocycles. The monoisotopic (exact) mass is 358 g/mol. The Labute approximate surface area is 137 Å². The van der Waals surface area contributed by atoms with E-state index in [1.54, 1.807) is 30.3 Å². The van der Waals surface area contributed by atoms with Crippen molar-refractivity contribution < 1.29 is 18.3 Å². The number of aromatic carboxylic acids is 1. The molecule has 5 nitrogen and oxygen atoms in total. The second kappa shape index (κ2) is 6.66. The third-order valence-corrected chi connectivity index (χ3v) is 5.02. The van der Waals surface area contributed by atoms with Crippen LogP contribution in [0.25, 0.3) is 0 Å². The van der Waals surface area contributed by atoms with Crippen molar-refractivity contribution in [3.63, 3.8) is 0 Å². The molecule has 8 heteroatoms. The molecule has 0 amide bonds. The molecular formula is C14H10Cl2NO4S-.